The molecule has 4 nitrogen and oxygen atoms in total. The van der Waals surface area contributed by atoms with Crippen LogP contribution in [-0.4, -0.2) is 43.4 Å². The number of aliphatic hydroxyl groups is 1. The lowest BCUT2D eigenvalue weighted by molar-refractivity contribution is -0.0259. The van der Waals surface area contributed by atoms with Crippen molar-refractivity contribution in [3.63, 3.8) is 0 Å². The summed E-state index contributed by atoms with van der Waals surface area (Å²) in [6.45, 7) is -7.54. The summed E-state index contributed by atoms with van der Waals surface area (Å²) in [4.78, 5) is 1.19. The minimum atomic E-state index is -3.72. The molecular formula is C20H31NO3. The Morgan fingerprint density at radius 1 is 1.46 bits per heavy atom. The van der Waals surface area contributed by atoms with Crippen molar-refractivity contribution in [1.82, 2.24) is 4.90 Å². The molecular weight excluding hydrogens is 302 g/mol. The van der Waals surface area contributed by atoms with Crippen molar-refractivity contribution >= 4 is 0 Å². The Bertz CT molecular complexity index is 1100. The van der Waals surface area contributed by atoms with Crippen LogP contribution in [0.4, 0.5) is 0 Å². The number of hydrogen-bond donors (Lipinski definition) is 1. The zero-order valence-electron chi connectivity index (χ0n) is 27.9. The molecule has 0 aliphatic carbocycles. The molecule has 0 radical (unpaired) electrons. The predicted octanol–water partition coefficient (Wildman–Crippen LogP) is 3.42. The van der Waals surface area contributed by atoms with Gasteiger partial charge < -0.3 is 14.6 Å². The highest BCUT2D eigenvalue weighted by Crippen LogP contribution is 2.44. The molecule has 1 N–H and O–H groups in total. The molecule has 0 spiro atoms. The van der Waals surface area contributed by atoms with E-state index in [0.717, 1.165) is 0 Å². The normalized spacial score (nSPS) is 45.8. The molecule has 2 heterocycles. The summed E-state index contributed by atoms with van der Waals surface area (Å²) in [6, 6.07) is -2.24. The van der Waals surface area contributed by atoms with Crippen LogP contribution in [0, 0.1) is 11.3 Å². The molecule has 0 amide bonds. The molecule has 2 aliphatic rings. The lowest BCUT2D eigenvalue weighted by Gasteiger charge is -2.47. The number of methoxy groups -OCH3 is 2. The van der Waals surface area contributed by atoms with E-state index in [9.17, 15) is 5.11 Å². The van der Waals surface area contributed by atoms with E-state index in [1.54, 1.807) is 0 Å². The van der Waals surface area contributed by atoms with Gasteiger partial charge in [0.1, 0.15) is 0 Å². The molecule has 4 heteroatoms. The molecule has 1 fully saturated rings. The van der Waals surface area contributed by atoms with E-state index in [2.05, 4.69) is 0 Å². The van der Waals surface area contributed by atoms with Gasteiger partial charge in [-0.05, 0) is 53.7 Å². The van der Waals surface area contributed by atoms with E-state index in [4.69, 9.17) is 28.7 Å². The first-order chi connectivity index (χ1) is 16.9. The third-order valence-electron chi connectivity index (χ3n) is 4.06. The van der Waals surface area contributed by atoms with Crippen LogP contribution < -0.4 is 9.47 Å². The minimum Gasteiger partial charge on any atom is -0.493 e. The van der Waals surface area contributed by atoms with Crippen LogP contribution in [-0.2, 0) is 6.42 Å². The maximum atomic E-state index is 11.4. The smallest absolute Gasteiger partial charge is 0.161 e. The number of nitrogens with zero attached hydrogens (tertiary/aromatic N) is 1. The molecule has 24 heavy (non-hydrogen) atoms. The summed E-state index contributed by atoms with van der Waals surface area (Å²) in [5.74, 6) is -3.60. The maximum absolute atomic E-state index is 11.4. The van der Waals surface area contributed by atoms with Crippen molar-refractivity contribution in [2.24, 2.45) is 11.3 Å². The van der Waals surface area contributed by atoms with Gasteiger partial charge in [-0.3, -0.25) is 4.90 Å². The summed E-state index contributed by atoms with van der Waals surface area (Å²) in [7, 11) is 2.48. The summed E-state index contributed by atoms with van der Waals surface area (Å²) in [5, 5.41) is 11.4. The molecule has 3 unspecified atom stereocenters. The Labute approximate surface area is 165 Å². The Morgan fingerprint density at radius 2 is 2.17 bits per heavy atom. The quantitative estimate of drug-likeness (QED) is 0.910. The Hall–Kier alpha value is -1.26. The van der Waals surface area contributed by atoms with Crippen LogP contribution in [0.1, 0.15) is 69.7 Å². The molecule has 1 aromatic carbocycles. The third-order valence-corrected chi connectivity index (χ3v) is 4.06. The molecule has 0 aromatic heterocycles. The summed E-state index contributed by atoms with van der Waals surface area (Å²) < 4.78 is 128. The van der Waals surface area contributed by atoms with E-state index in [1.165, 1.54) is 19.1 Å². The molecule has 3 rings (SSSR count). The van der Waals surface area contributed by atoms with Gasteiger partial charge in [-0.15, -0.1) is 0 Å². The van der Waals surface area contributed by atoms with E-state index in [-0.39, 0.29) is 47.7 Å². The van der Waals surface area contributed by atoms with Crippen molar-refractivity contribution in [2.45, 2.75) is 51.9 Å². The van der Waals surface area contributed by atoms with Gasteiger partial charge in [0.05, 0.1) is 24.4 Å². The molecule has 2 aliphatic heterocycles. The first kappa shape index (κ1) is 7.16. The van der Waals surface area contributed by atoms with Gasteiger partial charge in [0.15, 0.2) is 11.5 Å². The van der Waals surface area contributed by atoms with E-state index in [1.807, 2.05) is 0 Å². The number of benzene rings is 1. The lowest BCUT2D eigenvalue weighted by atomic mass is 9.75. The molecule has 0 saturated carbocycles. The van der Waals surface area contributed by atoms with Crippen molar-refractivity contribution in [3.05, 3.63) is 23.2 Å². The Morgan fingerprint density at radius 3 is 2.83 bits per heavy atom. The molecule has 0 bridgehead atoms. The summed E-state index contributed by atoms with van der Waals surface area (Å²) in [6.07, 6.45) is -10.6. The zero-order chi connectivity index (χ0) is 29.7. The molecule has 3 atom stereocenters. The Balaban J connectivity index is 2.33. The monoisotopic (exact) mass is 347 g/mol. The zero-order valence-corrected chi connectivity index (χ0v) is 13.9. The Kier molecular flexibility index (Phi) is 1.96. The first-order valence-corrected chi connectivity index (χ1v) is 7.62. The highest BCUT2D eigenvalue weighted by molar-refractivity contribution is 5.49. The van der Waals surface area contributed by atoms with Gasteiger partial charge in [-0.1, -0.05) is 20.6 Å². The second-order valence-electron chi connectivity index (χ2n) is 6.05. The molecule has 1 aromatic rings. The van der Waals surface area contributed by atoms with E-state index in [0.29, 0.717) is 6.92 Å². The maximum Gasteiger partial charge on any atom is 0.161 e. The van der Waals surface area contributed by atoms with Crippen LogP contribution in [0.25, 0.3) is 0 Å². The first-order valence-electron chi connectivity index (χ1n) is 14.6. The largest absolute Gasteiger partial charge is 0.493 e. The van der Waals surface area contributed by atoms with Gasteiger partial charge in [-0.2, -0.15) is 0 Å². The minimum absolute atomic E-state index is 0.0122. The van der Waals surface area contributed by atoms with Crippen molar-refractivity contribution < 1.29 is 33.8 Å². The third kappa shape index (κ3) is 3.40. The highest BCUT2D eigenvalue weighted by atomic mass is 16.5. The molecule has 1 saturated heterocycles. The number of piperidine rings is 1. The van der Waals surface area contributed by atoms with Crippen molar-refractivity contribution in [1.29, 1.82) is 0 Å². The second kappa shape index (κ2) is 6.57. The fraction of sp³-hybridized carbons (Fsp3) is 0.700. The predicted molar refractivity (Wildman–Crippen MR) is 95.7 cm³/mol. The van der Waals surface area contributed by atoms with Crippen LogP contribution in [0.2, 0.25) is 0 Å². The number of hydrogen-bond acceptors (Lipinski definition) is 4. The molecule has 134 valence electrons. The van der Waals surface area contributed by atoms with Gasteiger partial charge in [-0.25, -0.2) is 0 Å². The van der Waals surface area contributed by atoms with Gasteiger partial charge in [0, 0.05) is 34.2 Å². The van der Waals surface area contributed by atoms with Gasteiger partial charge >= 0.3 is 0 Å². The number of fused-ring (bicyclic) bond motifs is 3. The van der Waals surface area contributed by atoms with E-state index < -0.39 is 56.4 Å². The fourth-order valence-electron chi connectivity index (χ4n) is 3.03. The van der Waals surface area contributed by atoms with Crippen molar-refractivity contribution in [3.8, 4) is 11.5 Å². The SMILES string of the molecule is [2H]c1c2c(c([2H])c(OC)c1OC)C1N(CC2)CC([2H])(C([2H])([2H])C(C)(C([2H])([2H])[2H])C([2H])([2H])[2H])C([2H])(O)C1([2H])[2H]. The van der Waals surface area contributed by atoms with Gasteiger partial charge in [0.25, 0.3) is 0 Å². The standard InChI is InChI=1S/C20H31NO3/c1-20(2,3)11-14-12-21-7-6-13-8-18(23-4)19(24-5)9-15(13)16(21)10-17(14)22/h8-9,14,16-17,22H,6-7,10-12H2,1-5H3/i1D3,2D3,8D,9D,10D2,11D2,14D,17D. The highest BCUT2D eigenvalue weighted by Gasteiger charge is 2.39. The average Bonchev–Trinajstić information content (AvgIpc) is 2.77. The van der Waals surface area contributed by atoms with Gasteiger partial charge in [0.2, 0.25) is 0 Å². The van der Waals surface area contributed by atoms with Crippen molar-refractivity contribution in [2.75, 3.05) is 27.3 Å². The van der Waals surface area contributed by atoms with Crippen LogP contribution in [0.3, 0.4) is 0 Å². The summed E-state index contributed by atoms with van der Waals surface area (Å²) in [5.41, 5.74) is -3.22. The van der Waals surface area contributed by atoms with E-state index >= 15 is 0 Å². The lowest BCUT2D eigenvalue weighted by Crippen LogP contribution is -2.48. The summed E-state index contributed by atoms with van der Waals surface area (Å²) >= 11 is 0. The van der Waals surface area contributed by atoms with Crippen LogP contribution >= 0.6 is 0 Å². The fourth-order valence-corrected chi connectivity index (χ4v) is 3.03. The second-order valence-corrected chi connectivity index (χ2v) is 6.05. The number of ether oxygens (including phenoxy) is 2. The van der Waals surface area contributed by atoms with Crippen LogP contribution in [0.5, 0.6) is 11.5 Å². The van der Waals surface area contributed by atoms with Crippen LogP contribution in [0.15, 0.2) is 12.1 Å². The number of rotatable bonds is 3. The topological polar surface area (TPSA) is 41.9 Å². The average molecular weight is 348 g/mol.